The zero-order valence-electron chi connectivity index (χ0n) is 9.23. The first-order chi connectivity index (χ1) is 7.29. The molecule has 1 aliphatic heterocycles. The molecule has 0 radical (unpaired) electrons. The van der Waals surface area contributed by atoms with E-state index in [-0.39, 0.29) is 0 Å². The highest BCUT2D eigenvalue weighted by Gasteiger charge is 2.16. The van der Waals surface area contributed by atoms with Gasteiger partial charge in [-0.05, 0) is 13.0 Å². The van der Waals surface area contributed by atoms with Gasteiger partial charge in [-0.3, -0.25) is 0 Å². The summed E-state index contributed by atoms with van der Waals surface area (Å²) in [7, 11) is 1.65. The first-order valence-electron chi connectivity index (χ1n) is 5.29. The third-order valence-corrected chi connectivity index (χ3v) is 2.61. The maximum Gasteiger partial charge on any atom is 0.214 e. The molecule has 1 aromatic heterocycles. The molecule has 0 spiro atoms. The Bertz CT molecular complexity index is 329. The summed E-state index contributed by atoms with van der Waals surface area (Å²) in [5.74, 6) is 1.68. The Hall–Kier alpha value is -1.29. The Labute approximate surface area is 90.3 Å². The molecule has 0 saturated carbocycles. The van der Waals surface area contributed by atoms with Crippen molar-refractivity contribution in [3.8, 4) is 5.88 Å². The number of aromatic nitrogens is 1. The topological polar surface area (TPSA) is 37.4 Å². The van der Waals surface area contributed by atoms with E-state index in [1.165, 1.54) is 0 Å². The first kappa shape index (κ1) is 10.2. The minimum atomic E-state index is 0.520. The van der Waals surface area contributed by atoms with Crippen molar-refractivity contribution >= 4 is 5.82 Å². The Kier molecular flexibility index (Phi) is 3.06. The fourth-order valence-corrected chi connectivity index (χ4v) is 1.83. The van der Waals surface area contributed by atoms with Crippen LogP contribution < -0.4 is 15.0 Å². The largest absolute Gasteiger partial charge is 0.481 e. The minimum absolute atomic E-state index is 0.520. The van der Waals surface area contributed by atoms with Gasteiger partial charge in [0.05, 0.1) is 7.11 Å². The predicted molar refractivity (Wildman–Crippen MR) is 60.5 cm³/mol. The van der Waals surface area contributed by atoms with Crippen molar-refractivity contribution in [1.29, 1.82) is 0 Å². The zero-order chi connectivity index (χ0) is 10.7. The van der Waals surface area contributed by atoms with E-state index < -0.39 is 0 Å². The van der Waals surface area contributed by atoms with Crippen LogP contribution in [-0.4, -0.2) is 37.8 Å². The van der Waals surface area contributed by atoms with Crippen molar-refractivity contribution in [1.82, 2.24) is 10.3 Å². The van der Waals surface area contributed by atoms with Crippen molar-refractivity contribution in [3.63, 3.8) is 0 Å². The number of pyridine rings is 1. The van der Waals surface area contributed by atoms with E-state index in [9.17, 15) is 0 Å². The molecule has 2 rings (SSSR count). The van der Waals surface area contributed by atoms with Crippen LogP contribution >= 0.6 is 0 Å². The first-order valence-corrected chi connectivity index (χ1v) is 5.29. The van der Waals surface area contributed by atoms with E-state index >= 15 is 0 Å². The summed E-state index contributed by atoms with van der Waals surface area (Å²) in [6.45, 7) is 5.21. The van der Waals surface area contributed by atoms with E-state index in [1.54, 1.807) is 7.11 Å². The lowest BCUT2D eigenvalue weighted by atomic mass is 10.2. The van der Waals surface area contributed by atoms with Crippen LogP contribution in [0.5, 0.6) is 5.88 Å². The second-order valence-electron chi connectivity index (χ2n) is 3.84. The van der Waals surface area contributed by atoms with Crippen LogP contribution in [-0.2, 0) is 0 Å². The average molecular weight is 207 g/mol. The minimum Gasteiger partial charge on any atom is -0.481 e. The molecule has 4 heteroatoms. The lowest BCUT2D eigenvalue weighted by Crippen LogP contribution is -2.49. The molecule has 0 amide bonds. The molecule has 1 fully saturated rings. The second kappa shape index (κ2) is 4.49. The van der Waals surface area contributed by atoms with E-state index in [2.05, 4.69) is 22.1 Å². The van der Waals surface area contributed by atoms with Gasteiger partial charge in [0.2, 0.25) is 5.88 Å². The van der Waals surface area contributed by atoms with Gasteiger partial charge < -0.3 is 15.0 Å². The van der Waals surface area contributed by atoms with Crippen LogP contribution in [0.25, 0.3) is 0 Å². The van der Waals surface area contributed by atoms with Crippen molar-refractivity contribution in [2.45, 2.75) is 13.0 Å². The van der Waals surface area contributed by atoms with E-state index in [0.29, 0.717) is 11.9 Å². The standard InChI is InChI=1S/C11H17N3O/c1-9-8-14(7-6-12-9)10-4-3-5-11(13-10)15-2/h3-5,9,12H,6-8H2,1-2H3/t9-/m0/s1. The SMILES string of the molecule is COc1cccc(N2CCN[C@@H](C)C2)n1. The van der Waals surface area contributed by atoms with Gasteiger partial charge in [0.1, 0.15) is 5.82 Å². The normalized spacial score (nSPS) is 21.5. The number of anilines is 1. The van der Waals surface area contributed by atoms with Crippen LogP contribution in [0.4, 0.5) is 5.82 Å². The molecule has 4 nitrogen and oxygen atoms in total. The van der Waals surface area contributed by atoms with Crippen LogP contribution in [0.15, 0.2) is 18.2 Å². The number of rotatable bonds is 2. The summed E-state index contributed by atoms with van der Waals surface area (Å²) in [6.07, 6.45) is 0. The van der Waals surface area contributed by atoms with E-state index in [4.69, 9.17) is 4.74 Å². The smallest absolute Gasteiger partial charge is 0.214 e. The van der Waals surface area contributed by atoms with Crippen LogP contribution in [0, 0.1) is 0 Å². The summed E-state index contributed by atoms with van der Waals surface area (Å²) in [5.41, 5.74) is 0. The molecule has 15 heavy (non-hydrogen) atoms. The van der Waals surface area contributed by atoms with E-state index in [0.717, 1.165) is 25.5 Å². The molecule has 0 aromatic carbocycles. The molecular weight excluding hydrogens is 190 g/mol. The van der Waals surface area contributed by atoms with Gasteiger partial charge in [-0.15, -0.1) is 0 Å². The maximum atomic E-state index is 5.12. The van der Waals surface area contributed by atoms with Crippen LogP contribution in [0.1, 0.15) is 6.92 Å². The second-order valence-corrected chi connectivity index (χ2v) is 3.84. The quantitative estimate of drug-likeness (QED) is 0.781. The fourth-order valence-electron chi connectivity index (χ4n) is 1.83. The van der Waals surface area contributed by atoms with Crippen LogP contribution in [0.2, 0.25) is 0 Å². The molecule has 1 N–H and O–H groups in total. The van der Waals surface area contributed by atoms with Gasteiger partial charge in [-0.25, -0.2) is 0 Å². The molecule has 0 unspecified atom stereocenters. The van der Waals surface area contributed by atoms with Crippen molar-refractivity contribution < 1.29 is 4.74 Å². The van der Waals surface area contributed by atoms with Crippen molar-refractivity contribution in [2.24, 2.45) is 0 Å². The Balaban J connectivity index is 2.13. The Morgan fingerprint density at radius 2 is 2.40 bits per heavy atom. The highest BCUT2D eigenvalue weighted by molar-refractivity contribution is 5.41. The average Bonchev–Trinajstić information content (AvgIpc) is 2.29. The van der Waals surface area contributed by atoms with Gasteiger partial charge in [0, 0.05) is 31.7 Å². The fraction of sp³-hybridized carbons (Fsp3) is 0.545. The summed E-state index contributed by atoms with van der Waals surface area (Å²) < 4.78 is 5.12. The van der Waals surface area contributed by atoms with Gasteiger partial charge >= 0.3 is 0 Å². The highest BCUT2D eigenvalue weighted by atomic mass is 16.5. The highest BCUT2D eigenvalue weighted by Crippen LogP contribution is 2.16. The Morgan fingerprint density at radius 3 is 3.13 bits per heavy atom. The number of hydrogen-bond donors (Lipinski definition) is 1. The number of ether oxygens (including phenoxy) is 1. The molecular formula is C11H17N3O. The lowest BCUT2D eigenvalue weighted by molar-refractivity contribution is 0.396. The molecule has 1 atom stereocenters. The lowest BCUT2D eigenvalue weighted by Gasteiger charge is -2.32. The summed E-state index contributed by atoms with van der Waals surface area (Å²) >= 11 is 0. The molecule has 0 bridgehead atoms. The van der Waals surface area contributed by atoms with Gasteiger partial charge in [0.15, 0.2) is 0 Å². The number of hydrogen-bond acceptors (Lipinski definition) is 4. The molecule has 1 saturated heterocycles. The van der Waals surface area contributed by atoms with Gasteiger partial charge in [-0.2, -0.15) is 4.98 Å². The number of nitrogens with zero attached hydrogens (tertiary/aromatic N) is 2. The van der Waals surface area contributed by atoms with Gasteiger partial charge in [0.25, 0.3) is 0 Å². The molecule has 1 aromatic rings. The third-order valence-electron chi connectivity index (χ3n) is 2.61. The molecule has 1 aliphatic rings. The monoisotopic (exact) mass is 207 g/mol. The molecule has 82 valence electrons. The predicted octanol–water partition coefficient (Wildman–Crippen LogP) is 0.888. The molecule has 0 aliphatic carbocycles. The summed E-state index contributed by atoms with van der Waals surface area (Å²) in [4.78, 5) is 6.71. The van der Waals surface area contributed by atoms with Gasteiger partial charge in [-0.1, -0.05) is 6.07 Å². The summed E-state index contributed by atoms with van der Waals surface area (Å²) in [5, 5.41) is 3.41. The number of piperazine rings is 1. The maximum absolute atomic E-state index is 5.12. The number of nitrogens with one attached hydrogen (secondary N) is 1. The van der Waals surface area contributed by atoms with Crippen molar-refractivity contribution in [3.05, 3.63) is 18.2 Å². The Morgan fingerprint density at radius 1 is 1.53 bits per heavy atom. The summed E-state index contributed by atoms with van der Waals surface area (Å²) in [6, 6.07) is 6.40. The van der Waals surface area contributed by atoms with E-state index in [1.807, 2.05) is 18.2 Å². The van der Waals surface area contributed by atoms with Crippen molar-refractivity contribution in [2.75, 3.05) is 31.6 Å². The zero-order valence-corrected chi connectivity index (χ0v) is 9.23. The van der Waals surface area contributed by atoms with Crippen LogP contribution in [0.3, 0.4) is 0 Å². The number of methoxy groups -OCH3 is 1. The molecule has 2 heterocycles. The third kappa shape index (κ3) is 2.39.